The normalized spacial score (nSPS) is 11.1. The van der Waals surface area contributed by atoms with Crippen LogP contribution in [0.2, 0.25) is 0 Å². The number of benzene rings is 1. The molecule has 0 saturated carbocycles. The van der Waals surface area contributed by atoms with Crippen LogP contribution >= 0.6 is 0 Å². The van der Waals surface area contributed by atoms with E-state index in [0.29, 0.717) is 12.3 Å². The molecule has 0 unspecified atom stereocenters. The predicted octanol–water partition coefficient (Wildman–Crippen LogP) is 2.29. The van der Waals surface area contributed by atoms with Crippen molar-refractivity contribution in [3.63, 3.8) is 0 Å². The number of halogens is 3. The molecule has 1 N–H and O–H groups in total. The van der Waals surface area contributed by atoms with E-state index in [-0.39, 0.29) is 19.8 Å². The summed E-state index contributed by atoms with van der Waals surface area (Å²) in [5.74, 6) is 5.84. The summed E-state index contributed by atoms with van der Waals surface area (Å²) in [6.45, 7) is 1.26. The van der Waals surface area contributed by atoms with Crippen LogP contribution in [0.5, 0.6) is 5.75 Å². The molecule has 1 aromatic rings. The summed E-state index contributed by atoms with van der Waals surface area (Å²) in [7, 11) is 0. The fraction of sp³-hybridized carbons (Fsp3) is 0.467. The van der Waals surface area contributed by atoms with Crippen molar-refractivity contribution in [1.82, 2.24) is 4.90 Å². The maximum absolute atomic E-state index is 12.3. The molecule has 0 fully saturated rings. The van der Waals surface area contributed by atoms with Crippen LogP contribution in [0.1, 0.15) is 12.5 Å². The van der Waals surface area contributed by atoms with Crippen LogP contribution in [-0.2, 0) is 0 Å². The van der Waals surface area contributed by atoms with E-state index in [0.717, 1.165) is 5.56 Å². The maximum Gasteiger partial charge on any atom is 0.401 e. The first-order chi connectivity index (χ1) is 9.94. The van der Waals surface area contributed by atoms with Gasteiger partial charge in [0.25, 0.3) is 0 Å². The summed E-state index contributed by atoms with van der Waals surface area (Å²) in [5, 5.41) is 8.57. The molecular weight excluding hydrogens is 283 g/mol. The van der Waals surface area contributed by atoms with Gasteiger partial charge in [0.1, 0.15) is 19.0 Å². The molecule has 21 heavy (non-hydrogen) atoms. The highest BCUT2D eigenvalue weighted by Gasteiger charge is 2.29. The van der Waals surface area contributed by atoms with Crippen molar-refractivity contribution in [2.75, 3.05) is 32.8 Å². The largest absolute Gasteiger partial charge is 0.492 e. The summed E-state index contributed by atoms with van der Waals surface area (Å²) in [4.78, 5) is 1.28. The van der Waals surface area contributed by atoms with Crippen LogP contribution in [0.15, 0.2) is 24.3 Å². The highest BCUT2D eigenvalue weighted by molar-refractivity contribution is 5.38. The van der Waals surface area contributed by atoms with Gasteiger partial charge in [-0.2, -0.15) is 13.2 Å². The third-order valence-corrected chi connectivity index (χ3v) is 2.69. The van der Waals surface area contributed by atoms with E-state index in [1.165, 1.54) is 4.90 Å². The molecule has 0 heterocycles. The molecule has 6 heteroatoms. The average molecular weight is 301 g/mol. The highest BCUT2D eigenvalue weighted by Crippen LogP contribution is 2.16. The van der Waals surface area contributed by atoms with Gasteiger partial charge in [-0.3, -0.25) is 4.90 Å². The minimum absolute atomic E-state index is 0.186. The zero-order valence-corrected chi connectivity index (χ0v) is 11.8. The van der Waals surface area contributed by atoms with Gasteiger partial charge < -0.3 is 9.84 Å². The lowest BCUT2D eigenvalue weighted by Gasteiger charge is -2.21. The van der Waals surface area contributed by atoms with Crippen molar-refractivity contribution in [2.24, 2.45) is 0 Å². The van der Waals surface area contributed by atoms with Crippen molar-refractivity contribution in [3.8, 4) is 17.6 Å². The molecule has 0 aliphatic rings. The number of hydrogen-bond acceptors (Lipinski definition) is 3. The van der Waals surface area contributed by atoms with E-state index in [9.17, 15) is 13.2 Å². The second-order valence-electron chi connectivity index (χ2n) is 4.32. The van der Waals surface area contributed by atoms with Crippen molar-refractivity contribution < 1.29 is 23.0 Å². The van der Waals surface area contributed by atoms with Gasteiger partial charge in [-0.25, -0.2) is 0 Å². The van der Waals surface area contributed by atoms with E-state index in [2.05, 4.69) is 11.8 Å². The Bertz CT molecular complexity index is 474. The fourth-order valence-electron chi connectivity index (χ4n) is 1.67. The first-order valence-electron chi connectivity index (χ1n) is 6.56. The lowest BCUT2D eigenvalue weighted by molar-refractivity contribution is -0.146. The number of nitrogens with zero attached hydrogens (tertiary/aromatic N) is 1. The summed E-state index contributed by atoms with van der Waals surface area (Å²) in [6, 6.07) is 6.85. The summed E-state index contributed by atoms with van der Waals surface area (Å²) in [6.07, 6.45) is -4.19. The Morgan fingerprint density at radius 2 is 1.90 bits per heavy atom. The van der Waals surface area contributed by atoms with Crippen molar-refractivity contribution in [1.29, 1.82) is 0 Å². The Morgan fingerprint density at radius 3 is 2.43 bits per heavy atom. The SMILES string of the molecule is CCN(CCOc1ccc(C#CCO)cc1)CC(F)(F)F. The number of likely N-dealkylation sites (N-methyl/N-ethyl adjacent to an activating group) is 1. The van der Waals surface area contributed by atoms with Gasteiger partial charge in [0.05, 0.1) is 6.54 Å². The molecule has 0 aliphatic heterocycles. The number of ether oxygens (including phenoxy) is 1. The molecule has 0 spiro atoms. The van der Waals surface area contributed by atoms with Crippen molar-refractivity contribution in [3.05, 3.63) is 29.8 Å². The first-order valence-corrected chi connectivity index (χ1v) is 6.56. The molecule has 0 bridgehead atoms. The minimum atomic E-state index is -4.19. The van der Waals surface area contributed by atoms with Crippen LogP contribution < -0.4 is 4.74 Å². The lowest BCUT2D eigenvalue weighted by atomic mass is 10.2. The Balaban J connectivity index is 2.41. The van der Waals surface area contributed by atoms with Crippen LogP contribution in [0.25, 0.3) is 0 Å². The van der Waals surface area contributed by atoms with Gasteiger partial charge in [0.2, 0.25) is 0 Å². The maximum atomic E-state index is 12.3. The number of aliphatic hydroxyl groups is 1. The molecule has 1 aromatic carbocycles. The third kappa shape index (κ3) is 7.59. The second kappa shape index (κ2) is 8.55. The van der Waals surface area contributed by atoms with Crippen LogP contribution in [0.3, 0.4) is 0 Å². The van der Waals surface area contributed by atoms with E-state index in [4.69, 9.17) is 9.84 Å². The monoisotopic (exact) mass is 301 g/mol. The molecule has 0 saturated heterocycles. The van der Waals surface area contributed by atoms with Crippen molar-refractivity contribution in [2.45, 2.75) is 13.1 Å². The van der Waals surface area contributed by atoms with Gasteiger partial charge >= 0.3 is 6.18 Å². The topological polar surface area (TPSA) is 32.7 Å². The summed E-state index contributed by atoms with van der Waals surface area (Å²) < 4.78 is 42.2. The minimum Gasteiger partial charge on any atom is -0.492 e. The van der Waals surface area contributed by atoms with E-state index < -0.39 is 12.7 Å². The van der Waals surface area contributed by atoms with Gasteiger partial charge in [0, 0.05) is 12.1 Å². The van der Waals surface area contributed by atoms with Crippen LogP contribution in [0, 0.1) is 11.8 Å². The summed E-state index contributed by atoms with van der Waals surface area (Å²) >= 11 is 0. The zero-order valence-electron chi connectivity index (χ0n) is 11.8. The average Bonchev–Trinajstić information content (AvgIpc) is 2.44. The Hall–Kier alpha value is -1.71. The van der Waals surface area contributed by atoms with Gasteiger partial charge in [-0.15, -0.1) is 0 Å². The quantitative estimate of drug-likeness (QED) is 0.818. The van der Waals surface area contributed by atoms with E-state index in [1.54, 1.807) is 31.2 Å². The second-order valence-corrected chi connectivity index (χ2v) is 4.32. The van der Waals surface area contributed by atoms with Crippen LogP contribution in [0.4, 0.5) is 13.2 Å². The Labute approximate surface area is 122 Å². The van der Waals surface area contributed by atoms with Crippen molar-refractivity contribution >= 4 is 0 Å². The summed E-state index contributed by atoms with van der Waals surface area (Å²) in [5.41, 5.74) is 0.739. The predicted molar refractivity (Wildman–Crippen MR) is 74.1 cm³/mol. The number of alkyl halides is 3. The van der Waals surface area contributed by atoms with Gasteiger partial charge in [0.15, 0.2) is 0 Å². The smallest absolute Gasteiger partial charge is 0.401 e. The highest BCUT2D eigenvalue weighted by atomic mass is 19.4. The van der Waals surface area contributed by atoms with Gasteiger partial charge in [-0.1, -0.05) is 18.8 Å². The number of aliphatic hydroxyl groups excluding tert-OH is 1. The first kappa shape index (κ1) is 17.3. The lowest BCUT2D eigenvalue weighted by Crippen LogP contribution is -2.36. The molecule has 116 valence electrons. The Morgan fingerprint density at radius 1 is 1.24 bits per heavy atom. The zero-order chi connectivity index (χ0) is 15.7. The van der Waals surface area contributed by atoms with E-state index in [1.807, 2.05) is 0 Å². The molecular formula is C15H18F3NO2. The molecule has 0 radical (unpaired) electrons. The number of hydrogen-bond donors (Lipinski definition) is 1. The standard InChI is InChI=1S/C15H18F3NO2/c1-2-19(12-15(16,17)18)9-11-21-14-7-5-13(6-8-14)4-3-10-20/h5-8,20H,2,9-12H2,1H3. The Kier molecular flexibility index (Phi) is 7.06. The van der Waals surface area contributed by atoms with Gasteiger partial charge in [-0.05, 0) is 30.8 Å². The molecule has 1 rings (SSSR count). The third-order valence-electron chi connectivity index (χ3n) is 2.69. The molecule has 0 amide bonds. The molecule has 0 atom stereocenters. The molecule has 0 aromatic heterocycles. The molecule has 3 nitrogen and oxygen atoms in total. The fourth-order valence-corrected chi connectivity index (χ4v) is 1.67. The van der Waals surface area contributed by atoms with E-state index >= 15 is 0 Å². The number of rotatable bonds is 6. The molecule has 0 aliphatic carbocycles. The van der Waals surface area contributed by atoms with Crippen LogP contribution in [-0.4, -0.2) is 49.0 Å².